The van der Waals surface area contributed by atoms with Crippen LogP contribution in [0.15, 0.2) is 59.8 Å². The van der Waals surface area contributed by atoms with Gasteiger partial charge in [-0.05, 0) is 42.5 Å². The van der Waals surface area contributed by atoms with Gasteiger partial charge in [-0.25, -0.2) is 14.4 Å². The zero-order chi connectivity index (χ0) is 21.7. The number of nitrogens with zero attached hydrogens (tertiary/aromatic N) is 1. The summed E-state index contributed by atoms with van der Waals surface area (Å²) in [5, 5.41) is 9.08. The molecule has 156 valence electrons. The average molecular weight is 413 g/mol. The number of ether oxygens (including phenoxy) is 4. The summed E-state index contributed by atoms with van der Waals surface area (Å²) < 4.78 is 20.7. The zero-order valence-corrected chi connectivity index (χ0v) is 16.3. The summed E-state index contributed by atoms with van der Waals surface area (Å²) in [6.07, 6.45) is 0. The first-order valence-electron chi connectivity index (χ1n) is 8.81. The molecule has 1 N–H and O–H groups in total. The van der Waals surface area contributed by atoms with E-state index in [0.717, 1.165) is 0 Å². The highest BCUT2D eigenvalue weighted by molar-refractivity contribution is 6.03. The topological polar surface area (TPSA) is 112 Å². The summed E-state index contributed by atoms with van der Waals surface area (Å²) in [5.74, 6) is -1.60. The smallest absolute Gasteiger partial charge is 0.355 e. The van der Waals surface area contributed by atoms with Gasteiger partial charge in [-0.15, -0.1) is 0 Å². The molecule has 0 aliphatic carbocycles. The Morgan fingerprint density at radius 1 is 0.967 bits per heavy atom. The highest BCUT2D eigenvalue weighted by Crippen LogP contribution is 2.30. The molecule has 0 fully saturated rings. The number of methoxy groups -OCH3 is 2. The van der Waals surface area contributed by atoms with E-state index in [1.165, 1.54) is 31.3 Å². The molecule has 0 saturated carbocycles. The monoisotopic (exact) mass is 413 g/mol. The lowest BCUT2D eigenvalue weighted by Crippen LogP contribution is -2.38. The molecule has 0 bridgehead atoms. The van der Waals surface area contributed by atoms with Crippen LogP contribution in [0.2, 0.25) is 0 Å². The van der Waals surface area contributed by atoms with Crippen LogP contribution >= 0.6 is 0 Å². The van der Waals surface area contributed by atoms with Gasteiger partial charge in [0.2, 0.25) is 0 Å². The molecule has 2 aromatic carbocycles. The van der Waals surface area contributed by atoms with Crippen molar-refractivity contribution >= 4 is 23.6 Å². The van der Waals surface area contributed by atoms with Crippen LogP contribution in [-0.2, 0) is 23.8 Å². The highest BCUT2D eigenvalue weighted by Gasteiger charge is 2.32. The molecule has 30 heavy (non-hydrogen) atoms. The van der Waals surface area contributed by atoms with Gasteiger partial charge in [0.05, 0.1) is 32.0 Å². The third kappa shape index (κ3) is 4.41. The molecule has 0 spiro atoms. The fraction of sp³-hybridized carbons (Fsp3) is 0.190. The number of hydrogen-bond donors (Lipinski definition) is 1. The molecule has 0 saturated heterocycles. The van der Waals surface area contributed by atoms with Gasteiger partial charge >= 0.3 is 17.9 Å². The largest absolute Gasteiger partial charge is 0.478 e. The number of carboxylic acids is 1. The lowest BCUT2D eigenvalue weighted by Gasteiger charge is -2.31. The second-order valence-electron chi connectivity index (χ2n) is 6.14. The van der Waals surface area contributed by atoms with Crippen LogP contribution in [0.3, 0.4) is 0 Å². The second-order valence-corrected chi connectivity index (χ2v) is 6.14. The van der Waals surface area contributed by atoms with E-state index in [1.807, 2.05) is 0 Å². The summed E-state index contributed by atoms with van der Waals surface area (Å²) in [7, 11) is 2.44. The maximum Gasteiger partial charge on any atom is 0.355 e. The molecule has 1 aliphatic heterocycles. The van der Waals surface area contributed by atoms with Crippen LogP contribution in [0, 0.1) is 0 Å². The number of anilines is 1. The number of carboxylic acid groups (broad SMARTS) is 1. The van der Waals surface area contributed by atoms with Crippen LogP contribution in [0.25, 0.3) is 0 Å². The van der Waals surface area contributed by atoms with Gasteiger partial charge in [-0.2, -0.15) is 0 Å². The fourth-order valence-electron chi connectivity index (χ4n) is 2.87. The molecule has 1 heterocycles. The lowest BCUT2D eigenvalue weighted by molar-refractivity contribution is -0.140. The van der Waals surface area contributed by atoms with Crippen molar-refractivity contribution in [2.24, 2.45) is 0 Å². The molecule has 0 amide bonds. The van der Waals surface area contributed by atoms with Crippen molar-refractivity contribution in [2.75, 3.05) is 32.5 Å². The predicted molar refractivity (Wildman–Crippen MR) is 104 cm³/mol. The molecular weight excluding hydrogens is 394 g/mol. The number of benzene rings is 2. The van der Waals surface area contributed by atoms with E-state index in [4.69, 9.17) is 24.1 Å². The van der Waals surface area contributed by atoms with Gasteiger partial charge in [0.1, 0.15) is 23.9 Å². The predicted octanol–water partition coefficient (Wildman–Crippen LogP) is 2.57. The number of carbonyl (C=O) groups excluding carboxylic acids is 2. The van der Waals surface area contributed by atoms with Crippen molar-refractivity contribution in [1.82, 2.24) is 0 Å². The summed E-state index contributed by atoms with van der Waals surface area (Å²) in [4.78, 5) is 37.0. The number of carbonyl (C=O) groups is 3. The van der Waals surface area contributed by atoms with Crippen LogP contribution in [0.5, 0.6) is 11.5 Å². The molecular formula is C21H19NO8. The Morgan fingerprint density at radius 2 is 1.67 bits per heavy atom. The van der Waals surface area contributed by atoms with Crippen molar-refractivity contribution < 1.29 is 38.4 Å². The highest BCUT2D eigenvalue weighted by atomic mass is 16.5. The van der Waals surface area contributed by atoms with E-state index in [-0.39, 0.29) is 30.2 Å². The first-order chi connectivity index (χ1) is 14.4. The van der Waals surface area contributed by atoms with Gasteiger partial charge in [-0.1, -0.05) is 6.07 Å². The first-order valence-corrected chi connectivity index (χ1v) is 8.81. The van der Waals surface area contributed by atoms with Gasteiger partial charge in [-0.3, -0.25) is 0 Å². The van der Waals surface area contributed by atoms with Crippen molar-refractivity contribution in [3.63, 3.8) is 0 Å². The maximum atomic E-state index is 12.3. The number of esters is 2. The van der Waals surface area contributed by atoms with Crippen LogP contribution in [0.4, 0.5) is 5.69 Å². The summed E-state index contributed by atoms with van der Waals surface area (Å²) in [6.45, 7) is -0.0412. The number of rotatable bonds is 6. The van der Waals surface area contributed by atoms with Crippen LogP contribution < -0.4 is 9.64 Å². The SMILES string of the molecule is COC(=O)C1=C(C(=O)OC)N(c2ccc(Oc3cccc(C(=O)O)c3)cc2)COC1. The number of aromatic carboxylic acids is 1. The van der Waals surface area contributed by atoms with Gasteiger partial charge < -0.3 is 29.0 Å². The van der Waals surface area contributed by atoms with Crippen molar-refractivity contribution in [1.29, 1.82) is 0 Å². The van der Waals surface area contributed by atoms with Gasteiger partial charge in [0.25, 0.3) is 0 Å². The average Bonchev–Trinajstić information content (AvgIpc) is 2.78. The molecule has 9 heteroatoms. The summed E-state index contributed by atoms with van der Waals surface area (Å²) >= 11 is 0. The molecule has 2 aromatic rings. The maximum absolute atomic E-state index is 12.3. The minimum atomic E-state index is -1.05. The molecule has 9 nitrogen and oxygen atoms in total. The van der Waals surface area contributed by atoms with Crippen LogP contribution in [-0.4, -0.2) is 50.6 Å². The van der Waals surface area contributed by atoms with Gasteiger partial charge in [0.15, 0.2) is 0 Å². The second kappa shape index (κ2) is 9.10. The van der Waals surface area contributed by atoms with Crippen molar-refractivity contribution in [3.8, 4) is 11.5 Å². The Hall–Kier alpha value is -3.85. The first kappa shape index (κ1) is 20.9. The Kier molecular flexibility index (Phi) is 6.33. The van der Waals surface area contributed by atoms with E-state index in [1.54, 1.807) is 36.4 Å². The number of hydrogen-bond acceptors (Lipinski definition) is 8. The van der Waals surface area contributed by atoms with E-state index in [2.05, 4.69) is 0 Å². The zero-order valence-electron chi connectivity index (χ0n) is 16.3. The van der Waals surface area contributed by atoms with E-state index in [9.17, 15) is 14.4 Å². The molecule has 0 aromatic heterocycles. The molecule has 3 rings (SSSR count). The molecule has 1 aliphatic rings. The minimum Gasteiger partial charge on any atom is -0.478 e. The van der Waals surface area contributed by atoms with E-state index >= 15 is 0 Å². The Morgan fingerprint density at radius 3 is 2.30 bits per heavy atom. The normalized spacial score (nSPS) is 13.6. The molecule has 0 radical (unpaired) electrons. The summed E-state index contributed by atoms with van der Waals surface area (Å²) in [6, 6.07) is 12.7. The fourth-order valence-corrected chi connectivity index (χ4v) is 2.87. The Bertz CT molecular complexity index is 996. The quantitative estimate of drug-likeness (QED) is 0.714. The molecule has 0 unspecified atom stereocenters. The van der Waals surface area contributed by atoms with E-state index < -0.39 is 17.9 Å². The lowest BCUT2D eigenvalue weighted by atomic mass is 10.1. The van der Waals surface area contributed by atoms with Crippen LogP contribution in [0.1, 0.15) is 10.4 Å². The third-order valence-corrected chi connectivity index (χ3v) is 4.30. The Balaban J connectivity index is 1.87. The third-order valence-electron chi connectivity index (χ3n) is 4.30. The van der Waals surface area contributed by atoms with Crippen molar-refractivity contribution in [2.45, 2.75) is 0 Å². The Labute approximate surface area is 172 Å². The molecule has 0 atom stereocenters. The standard InChI is InChI=1S/C21H19NO8/c1-27-20(25)17-11-29-12-22(18(17)21(26)28-2)14-6-8-15(9-7-14)30-16-5-3-4-13(10-16)19(23)24/h3-10H,11-12H2,1-2H3,(H,23,24). The van der Waals surface area contributed by atoms with E-state index in [0.29, 0.717) is 17.2 Å². The summed E-state index contributed by atoms with van der Waals surface area (Å²) in [5.41, 5.74) is 0.765. The minimum absolute atomic E-state index is 0.0335. The van der Waals surface area contributed by atoms with Gasteiger partial charge in [0, 0.05) is 5.69 Å². The van der Waals surface area contributed by atoms with Crippen molar-refractivity contribution in [3.05, 3.63) is 65.4 Å².